The zero-order valence-electron chi connectivity index (χ0n) is 12.7. The number of ether oxygens (including phenoxy) is 1. The summed E-state index contributed by atoms with van der Waals surface area (Å²) < 4.78 is 5.17. The highest BCUT2D eigenvalue weighted by Gasteiger charge is 2.13. The number of likely N-dealkylation sites (N-methyl/N-ethyl adjacent to an activating group) is 1. The number of anilines is 2. The first-order valence-corrected chi connectivity index (χ1v) is 6.77. The van der Waals surface area contributed by atoms with Crippen LogP contribution in [0.4, 0.5) is 11.4 Å². The lowest BCUT2D eigenvalue weighted by Crippen LogP contribution is -2.33. The summed E-state index contributed by atoms with van der Waals surface area (Å²) in [6.45, 7) is 5.47. The van der Waals surface area contributed by atoms with Crippen LogP contribution in [-0.4, -0.2) is 38.7 Å². The predicted octanol–water partition coefficient (Wildman–Crippen LogP) is 2.67. The lowest BCUT2D eigenvalue weighted by molar-refractivity contribution is 0.356. The Morgan fingerprint density at radius 2 is 2.00 bits per heavy atom. The molecule has 1 aromatic rings. The van der Waals surface area contributed by atoms with Gasteiger partial charge < -0.3 is 20.7 Å². The Bertz CT molecular complexity index is 381. The van der Waals surface area contributed by atoms with E-state index in [9.17, 15) is 0 Å². The van der Waals surface area contributed by atoms with E-state index in [4.69, 9.17) is 10.5 Å². The van der Waals surface area contributed by atoms with Crippen molar-refractivity contribution in [2.24, 2.45) is 5.92 Å². The molecule has 0 amide bonds. The third-order valence-electron chi connectivity index (χ3n) is 2.96. The summed E-state index contributed by atoms with van der Waals surface area (Å²) >= 11 is 0. The second-order valence-electron chi connectivity index (χ2n) is 5.69. The van der Waals surface area contributed by atoms with E-state index >= 15 is 0 Å². The van der Waals surface area contributed by atoms with Crippen LogP contribution in [0.1, 0.15) is 20.3 Å². The van der Waals surface area contributed by atoms with Gasteiger partial charge in [0, 0.05) is 18.7 Å². The van der Waals surface area contributed by atoms with Crippen LogP contribution in [0.3, 0.4) is 0 Å². The Hall–Kier alpha value is -1.42. The molecule has 1 unspecified atom stereocenters. The number of methoxy groups -OCH3 is 1. The lowest BCUT2D eigenvalue weighted by atomic mass is 10.0. The average Bonchev–Trinajstić information content (AvgIpc) is 2.30. The Morgan fingerprint density at radius 3 is 2.47 bits per heavy atom. The Labute approximate surface area is 116 Å². The molecule has 4 heteroatoms. The van der Waals surface area contributed by atoms with E-state index in [1.807, 2.05) is 18.2 Å². The monoisotopic (exact) mass is 265 g/mol. The predicted molar refractivity (Wildman–Crippen MR) is 82.8 cm³/mol. The van der Waals surface area contributed by atoms with Crippen molar-refractivity contribution in [1.82, 2.24) is 4.90 Å². The molecule has 1 atom stereocenters. The first-order chi connectivity index (χ1) is 8.92. The molecular formula is C15H27N3O. The van der Waals surface area contributed by atoms with Crippen LogP contribution < -0.4 is 15.8 Å². The Kier molecular flexibility index (Phi) is 5.96. The van der Waals surface area contributed by atoms with E-state index in [1.165, 1.54) is 0 Å². The van der Waals surface area contributed by atoms with Crippen molar-refractivity contribution in [2.45, 2.75) is 26.3 Å². The van der Waals surface area contributed by atoms with Gasteiger partial charge in [-0.05, 0) is 38.6 Å². The molecule has 1 aromatic carbocycles. The third-order valence-corrected chi connectivity index (χ3v) is 2.96. The van der Waals surface area contributed by atoms with Crippen LogP contribution in [0.2, 0.25) is 0 Å². The number of benzene rings is 1. The fraction of sp³-hybridized carbons (Fsp3) is 0.600. The number of hydrogen-bond donors (Lipinski definition) is 2. The average molecular weight is 265 g/mol. The summed E-state index contributed by atoms with van der Waals surface area (Å²) in [7, 11) is 5.83. The maximum atomic E-state index is 6.05. The number of nitrogens with zero attached hydrogens (tertiary/aromatic N) is 1. The minimum Gasteiger partial charge on any atom is -0.497 e. The first kappa shape index (κ1) is 15.6. The van der Waals surface area contributed by atoms with Crippen LogP contribution in [0.15, 0.2) is 18.2 Å². The summed E-state index contributed by atoms with van der Waals surface area (Å²) in [6, 6.07) is 6.16. The first-order valence-electron chi connectivity index (χ1n) is 6.77. The van der Waals surface area contributed by atoms with Gasteiger partial charge in [-0.15, -0.1) is 0 Å². The topological polar surface area (TPSA) is 50.5 Å². The van der Waals surface area contributed by atoms with E-state index in [2.05, 4.69) is 38.2 Å². The van der Waals surface area contributed by atoms with Crippen LogP contribution >= 0.6 is 0 Å². The van der Waals surface area contributed by atoms with Crippen molar-refractivity contribution in [3.8, 4) is 5.75 Å². The van der Waals surface area contributed by atoms with Crippen molar-refractivity contribution in [3.63, 3.8) is 0 Å². The Morgan fingerprint density at radius 1 is 1.32 bits per heavy atom. The minimum atomic E-state index is 0.394. The van der Waals surface area contributed by atoms with Crippen molar-refractivity contribution >= 4 is 11.4 Å². The van der Waals surface area contributed by atoms with Crippen LogP contribution in [0.5, 0.6) is 5.75 Å². The number of nitrogen functional groups attached to an aromatic ring is 1. The number of nitrogens with two attached hydrogens (primary N) is 1. The van der Waals surface area contributed by atoms with Gasteiger partial charge in [-0.1, -0.05) is 13.8 Å². The molecule has 0 aliphatic heterocycles. The molecule has 0 aliphatic rings. The van der Waals surface area contributed by atoms with Gasteiger partial charge >= 0.3 is 0 Å². The molecule has 0 aliphatic carbocycles. The van der Waals surface area contributed by atoms with Gasteiger partial charge in [0.1, 0.15) is 5.75 Å². The molecule has 0 bridgehead atoms. The van der Waals surface area contributed by atoms with Gasteiger partial charge in [0.2, 0.25) is 0 Å². The summed E-state index contributed by atoms with van der Waals surface area (Å²) in [4.78, 5) is 2.19. The SMILES string of the molecule is COc1ccc(NC(CC(C)C)CN(C)C)c(N)c1. The van der Waals surface area contributed by atoms with Crippen molar-refractivity contribution in [3.05, 3.63) is 18.2 Å². The highest BCUT2D eigenvalue weighted by molar-refractivity contribution is 5.68. The largest absolute Gasteiger partial charge is 0.497 e. The van der Waals surface area contributed by atoms with E-state index in [0.29, 0.717) is 12.0 Å². The van der Waals surface area contributed by atoms with Gasteiger partial charge in [0.25, 0.3) is 0 Å². The zero-order chi connectivity index (χ0) is 14.4. The van der Waals surface area contributed by atoms with Crippen molar-refractivity contribution in [1.29, 1.82) is 0 Å². The summed E-state index contributed by atoms with van der Waals surface area (Å²) in [6.07, 6.45) is 1.11. The van der Waals surface area contributed by atoms with Crippen LogP contribution in [0.25, 0.3) is 0 Å². The highest BCUT2D eigenvalue weighted by atomic mass is 16.5. The van der Waals surface area contributed by atoms with Crippen molar-refractivity contribution in [2.75, 3.05) is 38.8 Å². The third kappa shape index (κ3) is 5.39. The fourth-order valence-electron chi connectivity index (χ4n) is 2.21. The van der Waals surface area contributed by atoms with E-state index in [1.54, 1.807) is 7.11 Å². The smallest absolute Gasteiger partial charge is 0.121 e. The second kappa shape index (κ2) is 7.24. The van der Waals surface area contributed by atoms with Gasteiger partial charge in [-0.25, -0.2) is 0 Å². The standard InChI is InChI=1S/C15H27N3O/c1-11(2)8-12(10-18(3)4)17-15-7-6-13(19-5)9-14(15)16/h6-7,9,11-12,17H,8,10,16H2,1-5H3. The minimum absolute atomic E-state index is 0.394. The summed E-state index contributed by atoms with van der Waals surface area (Å²) in [5, 5.41) is 3.54. The number of hydrogen-bond acceptors (Lipinski definition) is 4. The maximum absolute atomic E-state index is 6.05. The number of nitrogens with one attached hydrogen (secondary N) is 1. The van der Waals surface area contributed by atoms with Crippen LogP contribution in [0, 0.1) is 5.92 Å². The maximum Gasteiger partial charge on any atom is 0.121 e. The molecule has 3 N–H and O–H groups in total. The molecule has 19 heavy (non-hydrogen) atoms. The molecular weight excluding hydrogens is 238 g/mol. The van der Waals surface area contributed by atoms with Crippen molar-refractivity contribution < 1.29 is 4.74 Å². The molecule has 0 fully saturated rings. The van der Waals surface area contributed by atoms with Crippen LogP contribution in [-0.2, 0) is 0 Å². The van der Waals surface area contributed by atoms with Gasteiger partial charge in [0.15, 0.2) is 0 Å². The van der Waals surface area contributed by atoms with Gasteiger partial charge in [-0.3, -0.25) is 0 Å². The molecule has 108 valence electrons. The fourth-order valence-corrected chi connectivity index (χ4v) is 2.21. The normalized spacial score (nSPS) is 12.8. The van der Waals surface area contributed by atoms with E-state index in [-0.39, 0.29) is 0 Å². The van der Waals surface area contributed by atoms with Gasteiger partial charge in [-0.2, -0.15) is 0 Å². The molecule has 0 radical (unpaired) electrons. The van der Waals surface area contributed by atoms with E-state index < -0.39 is 0 Å². The molecule has 0 saturated heterocycles. The molecule has 0 heterocycles. The zero-order valence-corrected chi connectivity index (χ0v) is 12.7. The quantitative estimate of drug-likeness (QED) is 0.744. The second-order valence-corrected chi connectivity index (χ2v) is 5.69. The molecule has 0 spiro atoms. The number of rotatable bonds is 7. The lowest BCUT2D eigenvalue weighted by Gasteiger charge is -2.25. The summed E-state index contributed by atoms with van der Waals surface area (Å²) in [5.74, 6) is 1.44. The molecule has 4 nitrogen and oxygen atoms in total. The molecule has 0 saturated carbocycles. The van der Waals surface area contributed by atoms with Gasteiger partial charge in [0.05, 0.1) is 18.5 Å². The Balaban J connectivity index is 2.77. The molecule has 0 aromatic heterocycles. The summed E-state index contributed by atoms with van der Waals surface area (Å²) in [5.41, 5.74) is 7.76. The highest BCUT2D eigenvalue weighted by Crippen LogP contribution is 2.25. The molecule has 1 rings (SSSR count). The van der Waals surface area contributed by atoms with E-state index in [0.717, 1.165) is 30.1 Å².